The lowest BCUT2D eigenvalue weighted by Crippen LogP contribution is -2.23. The van der Waals surface area contributed by atoms with Crippen LogP contribution in [0.15, 0.2) is 24.4 Å². The molecular formula is C11H13N3O2. The van der Waals surface area contributed by atoms with Crippen molar-refractivity contribution in [3.8, 4) is 0 Å². The zero-order valence-electron chi connectivity index (χ0n) is 9.09. The van der Waals surface area contributed by atoms with Crippen LogP contribution in [0.25, 0.3) is 5.57 Å². The molecule has 5 heteroatoms. The standard InChI is InChI=1S/C11H13N3O2/c1-13-6-4-9(5-7-13)11-3-2-10(8-12-11)14(15)16/h2-4,8H,5-7H2,1H3. The second-order valence-corrected chi connectivity index (χ2v) is 3.90. The number of aromatic nitrogens is 1. The summed E-state index contributed by atoms with van der Waals surface area (Å²) < 4.78 is 0. The van der Waals surface area contributed by atoms with Crippen LogP contribution in [0.2, 0.25) is 0 Å². The fourth-order valence-electron chi connectivity index (χ4n) is 1.69. The first kappa shape index (κ1) is 10.8. The second-order valence-electron chi connectivity index (χ2n) is 3.90. The van der Waals surface area contributed by atoms with Crippen molar-refractivity contribution >= 4 is 11.3 Å². The predicted molar refractivity (Wildman–Crippen MR) is 61.0 cm³/mol. The Labute approximate surface area is 93.6 Å². The zero-order chi connectivity index (χ0) is 11.5. The Hall–Kier alpha value is -1.75. The maximum atomic E-state index is 10.5. The highest BCUT2D eigenvalue weighted by atomic mass is 16.6. The van der Waals surface area contributed by atoms with E-state index in [1.165, 1.54) is 17.8 Å². The van der Waals surface area contributed by atoms with E-state index >= 15 is 0 Å². The number of likely N-dealkylation sites (N-methyl/N-ethyl adjacent to an activating group) is 1. The fourth-order valence-corrected chi connectivity index (χ4v) is 1.69. The molecule has 16 heavy (non-hydrogen) atoms. The first-order valence-electron chi connectivity index (χ1n) is 5.15. The average molecular weight is 219 g/mol. The zero-order valence-corrected chi connectivity index (χ0v) is 9.09. The monoisotopic (exact) mass is 219 g/mol. The third kappa shape index (κ3) is 2.25. The molecule has 1 aromatic heterocycles. The number of pyridine rings is 1. The first-order chi connectivity index (χ1) is 7.66. The Bertz CT molecular complexity index is 425. The van der Waals surface area contributed by atoms with Crippen LogP contribution in [-0.4, -0.2) is 34.9 Å². The summed E-state index contributed by atoms with van der Waals surface area (Å²) in [7, 11) is 2.07. The van der Waals surface area contributed by atoms with Crippen LogP contribution >= 0.6 is 0 Å². The average Bonchev–Trinajstić information content (AvgIpc) is 2.30. The summed E-state index contributed by atoms with van der Waals surface area (Å²) in [6.07, 6.45) is 4.38. The van der Waals surface area contributed by atoms with E-state index in [0.717, 1.165) is 25.2 Å². The molecule has 0 unspecified atom stereocenters. The summed E-state index contributed by atoms with van der Waals surface area (Å²) in [4.78, 5) is 16.4. The van der Waals surface area contributed by atoms with Gasteiger partial charge in [-0.25, -0.2) is 4.98 Å². The van der Waals surface area contributed by atoms with Crippen LogP contribution in [0, 0.1) is 10.1 Å². The Kier molecular flexibility index (Phi) is 2.96. The van der Waals surface area contributed by atoms with E-state index in [4.69, 9.17) is 0 Å². The Morgan fingerprint density at radius 2 is 2.31 bits per heavy atom. The van der Waals surface area contributed by atoms with Gasteiger partial charge in [0.15, 0.2) is 0 Å². The maximum absolute atomic E-state index is 10.5. The van der Waals surface area contributed by atoms with Gasteiger partial charge >= 0.3 is 0 Å². The lowest BCUT2D eigenvalue weighted by molar-refractivity contribution is -0.385. The van der Waals surface area contributed by atoms with Gasteiger partial charge in [0, 0.05) is 19.2 Å². The quantitative estimate of drug-likeness (QED) is 0.561. The maximum Gasteiger partial charge on any atom is 0.287 e. The molecule has 0 fully saturated rings. The number of nitro groups is 1. The van der Waals surface area contributed by atoms with Gasteiger partial charge in [-0.15, -0.1) is 0 Å². The topological polar surface area (TPSA) is 59.3 Å². The van der Waals surface area contributed by atoms with Gasteiger partial charge in [0.2, 0.25) is 0 Å². The van der Waals surface area contributed by atoms with E-state index in [-0.39, 0.29) is 5.69 Å². The Balaban J connectivity index is 2.19. The van der Waals surface area contributed by atoms with E-state index in [2.05, 4.69) is 23.0 Å². The molecule has 1 aliphatic heterocycles. The van der Waals surface area contributed by atoms with Crippen molar-refractivity contribution in [2.24, 2.45) is 0 Å². The van der Waals surface area contributed by atoms with Crippen molar-refractivity contribution in [2.45, 2.75) is 6.42 Å². The van der Waals surface area contributed by atoms with Crippen molar-refractivity contribution in [3.63, 3.8) is 0 Å². The minimum absolute atomic E-state index is 0.0391. The minimum Gasteiger partial charge on any atom is -0.302 e. The van der Waals surface area contributed by atoms with Gasteiger partial charge in [-0.3, -0.25) is 10.1 Å². The second kappa shape index (κ2) is 4.40. The molecular weight excluding hydrogens is 206 g/mol. The number of hydrogen-bond acceptors (Lipinski definition) is 4. The van der Waals surface area contributed by atoms with Crippen LogP contribution in [-0.2, 0) is 0 Å². The highest BCUT2D eigenvalue weighted by Crippen LogP contribution is 2.21. The number of nitrogens with zero attached hydrogens (tertiary/aromatic N) is 3. The molecule has 1 aliphatic rings. The Morgan fingerprint density at radius 3 is 2.81 bits per heavy atom. The van der Waals surface area contributed by atoms with E-state index in [1.807, 2.05) is 0 Å². The largest absolute Gasteiger partial charge is 0.302 e. The first-order valence-corrected chi connectivity index (χ1v) is 5.15. The van der Waals surface area contributed by atoms with Crippen LogP contribution in [0.5, 0.6) is 0 Å². The van der Waals surface area contributed by atoms with Crippen molar-refractivity contribution in [1.82, 2.24) is 9.88 Å². The van der Waals surface area contributed by atoms with Crippen LogP contribution in [0.3, 0.4) is 0 Å². The SMILES string of the molecule is CN1CC=C(c2ccc([N+](=O)[O-])cn2)CC1. The third-order valence-electron chi connectivity index (χ3n) is 2.70. The van der Waals surface area contributed by atoms with Crippen LogP contribution in [0.4, 0.5) is 5.69 Å². The molecule has 0 N–H and O–H groups in total. The lowest BCUT2D eigenvalue weighted by atomic mass is 10.0. The van der Waals surface area contributed by atoms with Crippen molar-refractivity contribution < 1.29 is 4.92 Å². The van der Waals surface area contributed by atoms with Crippen molar-refractivity contribution in [1.29, 1.82) is 0 Å². The van der Waals surface area contributed by atoms with Gasteiger partial charge in [-0.05, 0) is 25.1 Å². The lowest BCUT2D eigenvalue weighted by Gasteiger charge is -2.21. The van der Waals surface area contributed by atoms with Gasteiger partial charge in [0.1, 0.15) is 6.20 Å². The van der Waals surface area contributed by atoms with Crippen LogP contribution in [0.1, 0.15) is 12.1 Å². The molecule has 0 bridgehead atoms. The normalized spacial score (nSPS) is 16.9. The summed E-state index contributed by atoms with van der Waals surface area (Å²) in [5.41, 5.74) is 2.06. The smallest absolute Gasteiger partial charge is 0.287 e. The van der Waals surface area contributed by atoms with E-state index < -0.39 is 4.92 Å². The summed E-state index contributed by atoms with van der Waals surface area (Å²) in [5.74, 6) is 0. The number of rotatable bonds is 2. The van der Waals surface area contributed by atoms with E-state index in [9.17, 15) is 10.1 Å². The molecule has 0 saturated heterocycles. The molecule has 1 aromatic rings. The van der Waals surface area contributed by atoms with E-state index in [1.54, 1.807) is 6.07 Å². The van der Waals surface area contributed by atoms with E-state index in [0.29, 0.717) is 0 Å². The molecule has 0 amide bonds. The molecule has 2 heterocycles. The highest BCUT2D eigenvalue weighted by molar-refractivity contribution is 5.64. The van der Waals surface area contributed by atoms with Gasteiger partial charge < -0.3 is 4.90 Å². The highest BCUT2D eigenvalue weighted by Gasteiger charge is 2.12. The predicted octanol–water partition coefficient (Wildman–Crippen LogP) is 1.71. The summed E-state index contributed by atoms with van der Waals surface area (Å²) in [5, 5.41) is 10.5. The Morgan fingerprint density at radius 1 is 1.50 bits per heavy atom. The third-order valence-corrected chi connectivity index (χ3v) is 2.70. The van der Waals surface area contributed by atoms with Crippen molar-refractivity contribution in [2.75, 3.05) is 20.1 Å². The van der Waals surface area contributed by atoms with Gasteiger partial charge in [-0.1, -0.05) is 6.08 Å². The van der Waals surface area contributed by atoms with Crippen molar-refractivity contribution in [3.05, 3.63) is 40.2 Å². The molecule has 2 rings (SSSR count). The molecule has 84 valence electrons. The molecule has 0 radical (unpaired) electrons. The summed E-state index contributed by atoms with van der Waals surface area (Å²) in [6, 6.07) is 3.22. The van der Waals surface area contributed by atoms with Gasteiger partial charge in [-0.2, -0.15) is 0 Å². The molecule has 0 atom stereocenters. The number of hydrogen-bond donors (Lipinski definition) is 0. The molecule has 0 saturated carbocycles. The molecule has 5 nitrogen and oxygen atoms in total. The fraction of sp³-hybridized carbons (Fsp3) is 0.364. The summed E-state index contributed by atoms with van der Waals surface area (Å²) in [6.45, 7) is 1.92. The summed E-state index contributed by atoms with van der Waals surface area (Å²) >= 11 is 0. The molecule has 0 aliphatic carbocycles. The van der Waals surface area contributed by atoms with Gasteiger partial charge in [0.25, 0.3) is 5.69 Å². The van der Waals surface area contributed by atoms with Crippen LogP contribution < -0.4 is 0 Å². The molecule has 0 aromatic carbocycles. The minimum atomic E-state index is -0.431. The van der Waals surface area contributed by atoms with Gasteiger partial charge in [0.05, 0.1) is 10.6 Å². The molecule has 0 spiro atoms.